The summed E-state index contributed by atoms with van der Waals surface area (Å²) in [6, 6.07) is 32.9. The zero-order valence-electron chi connectivity index (χ0n) is 17.5. The van der Waals surface area contributed by atoms with E-state index in [-0.39, 0.29) is 0 Å². The van der Waals surface area contributed by atoms with E-state index >= 15 is 0 Å². The van der Waals surface area contributed by atoms with Crippen LogP contribution < -0.4 is 9.47 Å². The minimum Gasteiger partial charge on any atom is -0.457 e. The van der Waals surface area contributed by atoms with E-state index in [9.17, 15) is 0 Å². The van der Waals surface area contributed by atoms with Crippen LogP contribution in [0.3, 0.4) is 0 Å². The Hall–Kier alpha value is -3.52. The summed E-state index contributed by atoms with van der Waals surface area (Å²) in [5, 5.41) is 0. The van der Waals surface area contributed by atoms with E-state index in [4.69, 9.17) is 9.47 Å². The van der Waals surface area contributed by atoms with Crippen LogP contribution in [0.1, 0.15) is 22.3 Å². The van der Waals surface area contributed by atoms with Crippen molar-refractivity contribution in [2.45, 2.75) is 26.7 Å². The Morgan fingerprint density at radius 3 is 1.23 bits per heavy atom. The maximum atomic E-state index is 5.93. The second-order valence-corrected chi connectivity index (χ2v) is 7.63. The van der Waals surface area contributed by atoms with Gasteiger partial charge in [0.2, 0.25) is 0 Å². The van der Waals surface area contributed by atoms with Gasteiger partial charge in [-0.25, -0.2) is 0 Å². The van der Waals surface area contributed by atoms with Gasteiger partial charge in [-0.2, -0.15) is 0 Å². The molecule has 30 heavy (non-hydrogen) atoms. The molecule has 0 N–H and O–H groups in total. The van der Waals surface area contributed by atoms with E-state index in [1.54, 1.807) is 0 Å². The molecule has 0 fully saturated rings. The predicted molar refractivity (Wildman–Crippen MR) is 123 cm³/mol. The van der Waals surface area contributed by atoms with Crippen molar-refractivity contribution in [3.63, 3.8) is 0 Å². The minimum absolute atomic E-state index is 0.863. The van der Waals surface area contributed by atoms with E-state index in [0.717, 1.165) is 35.8 Å². The van der Waals surface area contributed by atoms with Crippen LogP contribution in [0.2, 0.25) is 0 Å². The maximum absolute atomic E-state index is 5.93. The van der Waals surface area contributed by atoms with Crippen molar-refractivity contribution in [1.82, 2.24) is 0 Å². The Labute approximate surface area is 178 Å². The Kier molecular flexibility index (Phi) is 6.14. The summed E-state index contributed by atoms with van der Waals surface area (Å²) < 4.78 is 11.9. The molecule has 0 aliphatic rings. The van der Waals surface area contributed by atoms with Gasteiger partial charge in [-0.05, 0) is 97.5 Å². The van der Waals surface area contributed by atoms with Crippen molar-refractivity contribution in [3.05, 3.63) is 119 Å². The molecule has 0 aliphatic heterocycles. The van der Waals surface area contributed by atoms with Gasteiger partial charge in [-0.15, -0.1) is 0 Å². The zero-order valence-corrected chi connectivity index (χ0v) is 17.5. The average molecular weight is 395 g/mol. The highest BCUT2D eigenvalue weighted by molar-refractivity contribution is 5.37. The van der Waals surface area contributed by atoms with Gasteiger partial charge in [0, 0.05) is 0 Å². The maximum Gasteiger partial charge on any atom is 0.127 e. The monoisotopic (exact) mass is 394 g/mol. The molecule has 0 bridgehead atoms. The first-order valence-electron chi connectivity index (χ1n) is 10.3. The topological polar surface area (TPSA) is 18.5 Å². The van der Waals surface area contributed by atoms with Gasteiger partial charge in [0.05, 0.1) is 0 Å². The molecule has 0 unspecified atom stereocenters. The standard InChI is InChI=1S/C28H26O2/c1-21-5-3-7-27(19-21)29-25-15-11-23(12-16-25)9-10-24-13-17-26(18-14-24)30-28-8-4-6-22(2)20-28/h3-8,11-20H,9-10H2,1-2H3. The number of ether oxygens (including phenoxy) is 2. The summed E-state index contributed by atoms with van der Waals surface area (Å²) >= 11 is 0. The van der Waals surface area contributed by atoms with Crippen molar-refractivity contribution in [2.24, 2.45) is 0 Å². The summed E-state index contributed by atoms with van der Waals surface area (Å²) in [6.07, 6.45) is 1.98. The highest BCUT2D eigenvalue weighted by atomic mass is 16.5. The van der Waals surface area contributed by atoms with Crippen LogP contribution in [-0.2, 0) is 12.8 Å². The molecule has 4 aromatic rings. The van der Waals surface area contributed by atoms with Gasteiger partial charge in [0.1, 0.15) is 23.0 Å². The minimum atomic E-state index is 0.863. The number of hydrogen-bond acceptors (Lipinski definition) is 2. The molecule has 0 atom stereocenters. The van der Waals surface area contributed by atoms with Gasteiger partial charge >= 0.3 is 0 Å². The Morgan fingerprint density at radius 2 is 0.867 bits per heavy atom. The van der Waals surface area contributed by atoms with Crippen molar-refractivity contribution in [3.8, 4) is 23.0 Å². The van der Waals surface area contributed by atoms with E-state index in [2.05, 4.69) is 50.2 Å². The summed E-state index contributed by atoms with van der Waals surface area (Å²) in [4.78, 5) is 0. The molecule has 0 spiro atoms. The molecule has 2 nitrogen and oxygen atoms in total. The summed E-state index contributed by atoms with van der Waals surface area (Å²) in [5.41, 5.74) is 4.98. The van der Waals surface area contributed by atoms with Crippen LogP contribution in [0.15, 0.2) is 97.1 Å². The molecule has 4 aromatic carbocycles. The first-order valence-corrected chi connectivity index (χ1v) is 10.3. The zero-order chi connectivity index (χ0) is 20.8. The van der Waals surface area contributed by atoms with E-state index in [1.165, 1.54) is 22.3 Å². The van der Waals surface area contributed by atoms with Gasteiger partial charge in [-0.1, -0.05) is 48.5 Å². The van der Waals surface area contributed by atoms with Crippen molar-refractivity contribution in [1.29, 1.82) is 0 Å². The second kappa shape index (κ2) is 9.32. The molecule has 0 saturated heterocycles. The van der Waals surface area contributed by atoms with Crippen LogP contribution in [0.4, 0.5) is 0 Å². The Balaban J connectivity index is 1.31. The van der Waals surface area contributed by atoms with E-state index in [1.807, 2.05) is 60.7 Å². The van der Waals surface area contributed by atoms with Crippen LogP contribution in [-0.4, -0.2) is 0 Å². The summed E-state index contributed by atoms with van der Waals surface area (Å²) in [5.74, 6) is 3.47. The molecule has 2 heteroatoms. The van der Waals surface area contributed by atoms with E-state index in [0.29, 0.717) is 0 Å². The normalized spacial score (nSPS) is 10.6. The van der Waals surface area contributed by atoms with E-state index < -0.39 is 0 Å². The van der Waals surface area contributed by atoms with Gasteiger partial charge in [0.15, 0.2) is 0 Å². The molecular formula is C28H26O2. The predicted octanol–water partition coefficient (Wildman–Crippen LogP) is 7.67. The molecule has 150 valence electrons. The van der Waals surface area contributed by atoms with Crippen LogP contribution in [0.25, 0.3) is 0 Å². The molecule has 0 aliphatic carbocycles. The van der Waals surface area contributed by atoms with Crippen molar-refractivity contribution >= 4 is 0 Å². The number of aryl methyl sites for hydroxylation is 4. The van der Waals surface area contributed by atoms with Gasteiger partial charge < -0.3 is 9.47 Å². The molecular weight excluding hydrogens is 368 g/mol. The lowest BCUT2D eigenvalue weighted by atomic mass is 10.0. The number of hydrogen-bond donors (Lipinski definition) is 0. The quantitative estimate of drug-likeness (QED) is 0.320. The average Bonchev–Trinajstić information content (AvgIpc) is 2.74. The lowest BCUT2D eigenvalue weighted by molar-refractivity contribution is 0.481. The molecule has 0 saturated carbocycles. The highest BCUT2D eigenvalue weighted by Crippen LogP contribution is 2.24. The number of benzene rings is 4. The fourth-order valence-electron chi connectivity index (χ4n) is 3.37. The molecule has 0 heterocycles. The lowest BCUT2D eigenvalue weighted by Gasteiger charge is -2.09. The first kappa shape index (κ1) is 19.8. The molecule has 0 aromatic heterocycles. The third-order valence-electron chi connectivity index (χ3n) is 5.00. The second-order valence-electron chi connectivity index (χ2n) is 7.63. The molecule has 0 radical (unpaired) electrons. The largest absolute Gasteiger partial charge is 0.457 e. The number of rotatable bonds is 7. The van der Waals surface area contributed by atoms with Crippen LogP contribution in [0, 0.1) is 13.8 Å². The first-order chi connectivity index (χ1) is 14.6. The van der Waals surface area contributed by atoms with Crippen molar-refractivity contribution in [2.75, 3.05) is 0 Å². The fraction of sp³-hybridized carbons (Fsp3) is 0.143. The lowest BCUT2D eigenvalue weighted by Crippen LogP contribution is -1.92. The summed E-state index contributed by atoms with van der Waals surface area (Å²) in [6.45, 7) is 4.13. The third kappa shape index (κ3) is 5.51. The fourth-order valence-corrected chi connectivity index (χ4v) is 3.37. The van der Waals surface area contributed by atoms with Gasteiger partial charge in [-0.3, -0.25) is 0 Å². The van der Waals surface area contributed by atoms with Crippen LogP contribution in [0.5, 0.6) is 23.0 Å². The SMILES string of the molecule is Cc1cccc(Oc2ccc(CCc3ccc(Oc4cccc(C)c4)cc3)cc2)c1. The van der Waals surface area contributed by atoms with Crippen molar-refractivity contribution < 1.29 is 9.47 Å². The van der Waals surface area contributed by atoms with Gasteiger partial charge in [0.25, 0.3) is 0 Å². The summed E-state index contributed by atoms with van der Waals surface area (Å²) in [7, 11) is 0. The molecule has 4 rings (SSSR count). The van der Waals surface area contributed by atoms with Crippen LogP contribution >= 0.6 is 0 Å². The Bertz CT molecular complexity index is 1010. The third-order valence-corrected chi connectivity index (χ3v) is 5.00. The Morgan fingerprint density at radius 1 is 0.467 bits per heavy atom. The highest BCUT2D eigenvalue weighted by Gasteiger charge is 2.02. The smallest absolute Gasteiger partial charge is 0.127 e. The molecule has 0 amide bonds.